The second-order valence-corrected chi connectivity index (χ2v) is 6.31. The van der Waals surface area contributed by atoms with Crippen molar-refractivity contribution in [1.82, 2.24) is 4.90 Å². The van der Waals surface area contributed by atoms with E-state index in [9.17, 15) is 5.11 Å². The van der Waals surface area contributed by atoms with Gasteiger partial charge in [0.05, 0.1) is 19.3 Å². The summed E-state index contributed by atoms with van der Waals surface area (Å²) >= 11 is 0. The lowest BCUT2D eigenvalue weighted by molar-refractivity contribution is 0.0300. The minimum Gasteiger partial charge on any atom is -0.388 e. The summed E-state index contributed by atoms with van der Waals surface area (Å²) < 4.78 is 5.35. The van der Waals surface area contributed by atoms with Gasteiger partial charge >= 0.3 is 0 Å². The highest BCUT2D eigenvalue weighted by molar-refractivity contribution is 5.24. The normalized spacial score (nSPS) is 17.5. The molecular formula is C19H31NO2. The average molecular weight is 305 g/mol. The van der Waals surface area contributed by atoms with Crippen LogP contribution in [-0.2, 0) is 11.2 Å². The van der Waals surface area contributed by atoms with Crippen molar-refractivity contribution in [3.63, 3.8) is 0 Å². The number of ether oxygens (including phenoxy) is 1. The van der Waals surface area contributed by atoms with Gasteiger partial charge in [0, 0.05) is 19.6 Å². The van der Waals surface area contributed by atoms with Gasteiger partial charge in [0.25, 0.3) is 0 Å². The number of morpholine rings is 1. The van der Waals surface area contributed by atoms with Crippen LogP contribution in [0.25, 0.3) is 0 Å². The van der Waals surface area contributed by atoms with Gasteiger partial charge in [-0.2, -0.15) is 0 Å². The van der Waals surface area contributed by atoms with Crippen LogP contribution in [0.4, 0.5) is 0 Å². The maximum Gasteiger partial charge on any atom is 0.0802 e. The molecule has 124 valence electrons. The molecule has 0 aliphatic carbocycles. The van der Waals surface area contributed by atoms with Gasteiger partial charge in [-0.15, -0.1) is 0 Å². The molecule has 1 N–H and O–H groups in total. The van der Waals surface area contributed by atoms with Gasteiger partial charge in [0.15, 0.2) is 0 Å². The predicted molar refractivity (Wildman–Crippen MR) is 91.1 cm³/mol. The quantitative estimate of drug-likeness (QED) is 0.708. The van der Waals surface area contributed by atoms with Crippen molar-refractivity contribution in [2.75, 3.05) is 32.8 Å². The number of aliphatic hydroxyl groups excluding tert-OH is 1. The first-order valence-electron chi connectivity index (χ1n) is 8.86. The third-order valence-corrected chi connectivity index (χ3v) is 4.51. The van der Waals surface area contributed by atoms with Crippen LogP contribution in [0.2, 0.25) is 0 Å². The Balaban J connectivity index is 1.71. The van der Waals surface area contributed by atoms with E-state index < -0.39 is 0 Å². The molecule has 0 radical (unpaired) electrons. The highest BCUT2D eigenvalue weighted by Crippen LogP contribution is 2.19. The largest absolute Gasteiger partial charge is 0.388 e. The first-order valence-corrected chi connectivity index (χ1v) is 8.86. The summed E-state index contributed by atoms with van der Waals surface area (Å²) in [5.74, 6) is 0. The van der Waals surface area contributed by atoms with Crippen LogP contribution in [0.15, 0.2) is 24.3 Å². The Morgan fingerprint density at radius 2 is 1.82 bits per heavy atom. The number of rotatable bonds is 9. The van der Waals surface area contributed by atoms with Crippen LogP contribution < -0.4 is 0 Å². The number of nitrogens with zero attached hydrogens (tertiary/aromatic N) is 1. The number of aliphatic hydroxyl groups is 1. The summed E-state index contributed by atoms with van der Waals surface area (Å²) in [6.45, 7) is 6.81. The Morgan fingerprint density at radius 3 is 2.50 bits per heavy atom. The van der Waals surface area contributed by atoms with Crippen molar-refractivity contribution in [1.29, 1.82) is 0 Å². The standard InChI is InChI=1S/C19H31NO2/c1-2-3-4-5-6-17-7-9-18(10-8-17)19(21)11-12-20-13-15-22-16-14-20/h7-10,19,21H,2-6,11-16H2,1H3. The Kier molecular flexibility index (Phi) is 7.92. The van der Waals surface area contributed by atoms with Crippen molar-refractivity contribution in [3.05, 3.63) is 35.4 Å². The zero-order chi connectivity index (χ0) is 15.6. The van der Waals surface area contributed by atoms with E-state index in [2.05, 4.69) is 36.1 Å². The zero-order valence-corrected chi connectivity index (χ0v) is 14.0. The van der Waals surface area contributed by atoms with E-state index in [0.29, 0.717) is 0 Å². The monoisotopic (exact) mass is 305 g/mol. The summed E-state index contributed by atoms with van der Waals surface area (Å²) in [7, 11) is 0. The van der Waals surface area contributed by atoms with E-state index in [1.165, 1.54) is 31.2 Å². The third kappa shape index (κ3) is 6.07. The minimum absolute atomic E-state index is 0.350. The molecule has 3 nitrogen and oxygen atoms in total. The van der Waals surface area contributed by atoms with Gasteiger partial charge in [-0.3, -0.25) is 4.90 Å². The van der Waals surface area contributed by atoms with E-state index in [0.717, 1.165) is 51.3 Å². The fourth-order valence-corrected chi connectivity index (χ4v) is 2.96. The summed E-state index contributed by atoms with van der Waals surface area (Å²) in [5, 5.41) is 10.3. The van der Waals surface area contributed by atoms with E-state index in [4.69, 9.17) is 4.74 Å². The Hall–Kier alpha value is -0.900. The van der Waals surface area contributed by atoms with Crippen LogP contribution in [-0.4, -0.2) is 42.9 Å². The second kappa shape index (κ2) is 9.98. The first-order chi connectivity index (χ1) is 10.8. The molecule has 1 atom stereocenters. The van der Waals surface area contributed by atoms with Crippen LogP contribution in [0, 0.1) is 0 Å². The molecule has 1 heterocycles. The van der Waals surface area contributed by atoms with E-state index >= 15 is 0 Å². The molecule has 2 rings (SSSR count). The summed E-state index contributed by atoms with van der Waals surface area (Å²) in [5.41, 5.74) is 2.44. The van der Waals surface area contributed by atoms with Gasteiger partial charge in [0.2, 0.25) is 0 Å². The van der Waals surface area contributed by atoms with Crippen molar-refractivity contribution < 1.29 is 9.84 Å². The topological polar surface area (TPSA) is 32.7 Å². The van der Waals surface area contributed by atoms with Crippen molar-refractivity contribution in [2.45, 2.75) is 51.6 Å². The number of aryl methyl sites for hydroxylation is 1. The van der Waals surface area contributed by atoms with Crippen LogP contribution in [0.5, 0.6) is 0 Å². The SMILES string of the molecule is CCCCCCc1ccc(C(O)CCN2CCOCC2)cc1. The second-order valence-electron chi connectivity index (χ2n) is 6.31. The summed E-state index contributed by atoms with van der Waals surface area (Å²) in [6.07, 6.45) is 6.82. The predicted octanol–water partition coefficient (Wildman–Crippen LogP) is 3.57. The molecule has 1 saturated heterocycles. The molecule has 0 amide bonds. The highest BCUT2D eigenvalue weighted by atomic mass is 16.5. The Bertz CT molecular complexity index is 398. The fourth-order valence-electron chi connectivity index (χ4n) is 2.96. The maximum absolute atomic E-state index is 10.3. The molecule has 3 heteroatoms. The van der Waals surface area contributed by atoms with Gasteiger partial charge in [-0.25, -0.2) is 0 Å². The van der Waals surface area contributed by atoms with Crippen LogP contribution >= 0.6 is 0 Å². The lowest BCUT2D eigenvalue weighted by Crippen LogP contribution is -2.37. The van der Waals surface area contributed by atoms with Crippen molar-refractivity contribution >= 4 is 0 Å². The minimum atomic E-state index is -0.350. The molecule has 22 heavy (non-hydrogen) atoms. The van der Waals surface area contributed by atoms with Crippen LogP contribution in [0.3, 0.4) is 0 Å². The molecule has 1 fully saturated rings. The molecular weight excluding hydrogens is 274 g/mol. The summed E-state index contributed by atoms with van der Waals surface area (Å²) in [6, 6.07) is 8.55. The number of hydrogen-bond acceptors (Lipinski definition) is 3. The Labute approximate surface area is 135 Å². The molecule has 1 aliphatic heterocycles. The number of benzene rings is 1. The molecule has 0 bridgehead atoms. The first kappa shape index (κ1) is 17.5. The number of hydrogen-bond donors (Lipinski definition) is 1. The molecule has 1 unspecified atom stereocenters. The molecule has 0 aromatic heterocycles. The third-order valence-electron chi connectivity index (χ3n) is 4.51. The molecule has 1 aromatic carbocycles. The maximum atomic E-state index is 10.3. The van der Waals surface area contributed by atoms with E-state index in [1.54, 1.807) is 0 Å². The number of unbranched alkanes of at least 4 members (excludes halogenated alkanes) is 3. The molecule has 1 aromatic rings. The fraction of sp³-hybridized carbons (Fsp3) is 0.684. The van der Waals surface area contributed by atoms with Gasteiger partial charge in [0.1, 0.15) is 0 Å². The average Bonchev–Trinajstić information content (AvgIpc) is 2.58. The van der Waals surface area contributed by atoms with Gasteiger partial charge in [-0.05, 0) is 30.4 Å². The van der Waals surface area contributed by atoms with Gasteiger partial charge < -0.3 is 9.84 Å². The Morgan fingerprint density at radius 1 is 1.09 bits per heavy atom. The highest BCUT2D eigenvalue weighted by Gasteiger charge is 2.13. The van der Waals surface area contributed by atoms with Crippen molar-refractivity contribution in [2.24, 2.45) is 0 Å². The lowest BCUT2D eigenvalue weighted by atomic mass is 10.0. The van der Waals surface area contributed by atoms with Crippen LogP contribution in [0.1, 0.15) is 56.3 Å². The van der Waals surface area contributed by atoms with E-state index in [1.807, 2.05) is 0 Å². The van der Waals surface area contributed by atoms with Crippen molar-refractivity contribution in [3.8, 4) is 0 Å². The van der Waals surface area contributed by atoms with E-state index in [-0.39, 0.29) is 6.10 Å². The summed E-state index contributed by atoms with van der Waals surface area (Å²) in [4.78, 5) is 2.37. The smallest absolute Gasteiger partial charge is 0.0802 e. The van der Waals surface area contributed by atoms with Gasteiger partial charge in [-0.1, -0.05) is 50.5 Å². The zero-order valence-electron chi connectivity index (χ0n) is 14.0. The molecule has 1 aliphatic rings. The lowest BCUT2D eigenvalue weighted by Gasteiger charge is -2.27. The molecule has 0 saturated carbocycles. The molecule has 0 spiro atoms.